The first kappa shape index (κ1) is 14.0. The highest BCUT2D eigenvalue weighted by molar-refractivity contribution is 6.01. The molecule has 106 valence electrons. The molecule has 0 bridgehead atoms. The molecule has 0 spiro atoms. The Morgan fingerprint density at radius 3 is 2.37 bits per heavy atom. The summed E-state index contributed by atoms with van der Waals surface area (Å²) in [6.45, 7) is 7.85. The molecule has 0 aliphatic carbocycles. The maximum Gasteiger partial charge on any atom is 0.249 e. The highest BCUT2D eigenvalue weighted by Gasteiger charge is 2.38. The van der Waals surface area contributed by atoms with Gasteiger partial charge in [0.25, 0.3) is 0 Å². The second kappa shape index (κ2) is 4.92. The molecule has 0 saturated carbocycles. The summed E-state index contributed by atoms with van der Waals surface area (Å²) >= 11 is 0. The van der Waals surface area contributed by atoms with Gasteiger partial charge in [0.05, 0.1) is 6.54 Å². The third-order valence-corrected chi connectivity index (χ3v) is 3.79. The molecule has 1 N–H and O–H groups in total. The predicted molar refractivity (Wildman–Crippen MR) is 69.2 cm³/mol. The number of amides is 3. The highest BCUT2D eigenvalue weighted by atomic mass is 16.2. The molecule has 0 aromatic carbocycles. The maximum absolute atomic E-state index is 12.2. The average Bonchev–Trinajstić information content (AvgIpc) is 2.28. The van der Waals surface area contributed by atoms with Gasteiger partial charge < -0.3 is 4.90 Å². The van der Waals surface area contributed by atoms with Crippen LogP contribution in [0.25, 0.3) is 0 Å². The van der Waals surface area contributed by atoms with E-state index in [-0.39, 0.29) is 23.3 Å². The van der Waals surface area contributed by atoms with E-state index in [2.05, 4.69) is 31.0 Å². The van der Waals surface area contributed by atoms with Gasteiger partial charge in [0, 0.05) is 25.0 Å². The van der Waals surface area contributed by atoms with Gasteiger partial charge in [-0.15, -0.1) is 0 Å². The van der Waals surface area contributed by atoms with Crippen LogP contribution in [0.3, 0.4) is 0 Å². The van der Waals surface area contributed by atoms with Crippen LogP contribution in [0.4, 0.5) is 0 Å². The van der Waals surface area contributed by atoms with Crippen LogP contribution in [0.15, 0.2) is 0 Å². The summed E-state index contributed by atoms with van der Waals surface area (Å²) in [4.78, 5) is 38.8. The number of piperazine rings is 1. The summed E-state index contributed by atoms with van der Waals surface area (Å²) in [5.74, 6) is -0.619. The molecule has 19 heavy (non-hydrogen) atoms. The van der Waals surface area contributed by atoms with E-state index in [0.717, 1.165) is 6.54 Å². The molecule has 0 aromatic rings. The maximum atomic E-state index is 12.2. The van der Waals surface area contributed by atoms with Crippen molar-refractivity contribution in [2.24, 2.45) is 0 Å². The van der Waals surface area contributed by atoms with Crippen LogP contribution in [-0.2, 0) is 14.4 Å². The van der Waals surface area contributed by atoms with Crippen LogP contribution in [0.1, 0.15) is 33.6 Å². The van der Waals surface area contributed by atoms with E-state index in [1.54, 1.807) is 4.90 Å². The van der Waals surface area contributed by atoms with Crippen molar-refractivity contribution in [3.05, 3.63) is 0 Å². The lowest BCUT2D eigenvalue weighted by atomic mass is 10.0. The van der Waals surface area contributed by atoms with Crippen LogP contribution in [-0.4, -0.2) is 58.7 Å². The average molecular weight is 267 g/mol. The molecule has 2 rings (SSSR count). The third-order valence-electron chi connectivity index (χ3n) is 3.79. The van der Waals surface area contributed by atoms with Gasteiger partial charge in [-0.3, -0.25) is 24.6 Å². The first-order chi connectivity index (χ1) is 8.79. The van der Waals surface area contributed by atoms with Crippen molar-refractivity contribution < 1.29 is 14.4 Å². The van der Waals surface area contributed by atoms with Crippen molar-refractivity contribution in [2.45, 2.75) is 45.2 Å². The molecule has 6 heteroatoms. The lowest BCUT2D eigenvalue weighted by molar-refractivity contribution is -0.150. The lowest BCUT2D eigenvalue weighted by Gasteiger charge is -2.44. The van der Waals surface area contributed by atoms with Crippen molar-refractivity contribution >= 4 is 17.7 Å². The van der Waals surface area contributed by atoms with Crippen LogP contribution >= 0.6 is 0 Å². The summed E-state index contributed by atoms with van der Waals surface area (Å²) in [5.41, 5.74) is -0.0491. The number of carbonyl (C=O) groups excluding carboxylic acids is 3. The van der Waals surface area contributed by atoms with Crippen molar-refractivity contribution in [2.75, 3.05) is 19.6 Å². The van der Waals surface area contributed by atoms with Crippen molar-refractivity contribution in [1.82, 2.24) is 15.1 Å². The number of rotatable bonds is 1. The standard InChI is InChI=1S/C13H21N3O3/c1-13(2,3)15-6-7-16(11(18)8-15)9-4-5-10(17)14-12(9)19/h9H,4-8H2,1-3H3,(H,14,17,19). The number of hydrogen-bond acceptors (Lipinski definition) is 4. The van der Waals surface area contributed by atoms with Gasteiger partial charge in [-0.05, 0) is 27.2 Å². The summed E-state index contributed by atoms with van der Waals surface area (Å²) in [5, 5.41) is 2.30. The molecule has 3 amide bonds. The predicted octanol–water partition coefficient (Wildman–Crippen LogP) is -0.266. The fourth-order valence-electron chi connectivity index (χ4n) is 2.57. The zero-order valence-electron chi connectivity index (χ0n) is 11.7. The van der Waals surface area contributed by atoms with Crippen LogP contribution in [0, 0.1) is 0 Å². The molecule has 6 nitrogen and oxygen atoms in total. The topological polar surface area (TPSA) is 69.7 Å². The minimum Gasteiger partial charge on any atom is -0.328 e. The van der Waals surface area contributed by atoms with E-state index in [1.807, 2.05) is 0 Å². The quantitative estimate of drug-likeness (QED) is 0.664. The second-order valence-electron chi connectivity index (χ2n) is 6.15. The Bertz CT molecular complexity index is 414. The van der Waals surface area contributed by atoms with E-state index in [9.17, 15) is 14.4 Å². The first-order valence-corrected chi connectivity index (χ1v) is 6.67. The minimum atomic E-state index is -0.479. The summed E-state index contributed by atoms with van der Waals surface area (Å²) in [6, 6.07) is -0.479. The Balaban J connectivity index is 2.02. The van der Waals surface area contributed by atoms with Gasteiger partial charge >= 0.3 is 0 Å². The Labute approximate surface area is 113 Å². The molecule has 2 aliphatic rings. The molecular formula is C13H21N3O3. The first-order valence-electron chi connectivity index (χ1n) is 6.67. The smallest absolute Gasteiger partial charge is 0.249 e. The van der Waals surface area contributed by atoms with Crippen molar-refractivity contribution in [3.63, 3.8) is 0 Å². The molecule has 2 fully saturated rings. The molecule has 2 heterocycles. The van der Waals surface area contributed by atoms with Gasteiger partial charge in [-0.2, -0.15) is 0 Å². The number of carbonyl (C=O) groups is 3. The monoisotopic (exact) mass is 267 g/mol. The van der Waals surface area contributed by atoms with Crippen LogP contribution in [0.2, 0.25) is 0 Å². The Kier molecular flexibility index (Phi) is 3.62. The van der Waals surface area contributed by atoms with E-state index in [4.69, 9.17) is 0 Å². The number of imide groups is 1. The van der Waals surface area contributed by atoms with Crippen LogP contribution in [0.5, 0.6) is 0 Å². The Morgan fingerprint density at radius 2 is 1.84 bits per heavy atom. The molecule has 2 aliphatic heterocycles. The third kappa shape index (κ3) is 2.94. The van der Waals surface area contributed by atoms with Gasteiger partial charge in [-0.25, -0.2) is 0 Å². The van der Waals surface area contributed by atoms with E-state index in [1.165, 1.54) is 0 Å². The Morgan fingerprint density at radius 1 is 1.16 bits per heavy atom. The van der Waals surface area contributed by atoms with E-state index >= 15 is 0 Å². The number of piperidine rings is 1. The number of nitrogens with zero attached hydrogens (tertiary/aromatic N) is 2. The van der Waals surface area contributed by atoms with Gasteiger partial charge in [-0.1, -0.05) is 0 Å². The normalized spacial score (nSPS) is 26.6. The molecule has 2 saturated heterocycles. The van der Waals surface area contributed by atoms with E-state index in [0.29, 0.717) is 25.9 Å². The zero-order chi connectivity index (χ0) is 14.2. The molecule has 0 radical (unpaired) electrons. The lowest BCUT2D eigenvalue weighted by Crippen LogP contribution is -2.62. The highest BCUT2D eigenvalue weighted by Crippen LogP contribution is 2.20. The summed E-state index contributed by atoms with van der Waals surface area (Å²) < 4.78 is 0. The van der Waals surface area contributed by atoms with Crippen molar-refractivity contribution in [3.8, 4) is 0 Å². The minimum absolute atomic E-state index is 0.0318. The number of hydrogen-bond donors (Lipinski definition) is 1. The fraction of sp³-hybridized carbons (Fsp3) is 0.769. The summed E-state index contributed by atoms with van der Waals surface area (Å²) in [7, 11) is 0. The largest absolute Gasteiger partial charge is 0.328 e. The summed E-state index contributed by atoms with van der Waals surface area (Å²) in [6.07, 6.45) is 0.745. The molecule has 0 aromatic heterocycles. The second-order valence-corrected chi connectivity index (χ2v) is 6.15. The van der Waals surface area contributed by atoms with Crippen LogP contribution < -0.4 is 5.32 Å². The molecular weight excluding hydrogens is 246 g/mol. The van der Waals surface area contributed by atoms with Gasteiger partial charge in [0.2, 0.25) is 17.7 Å². The zero-order valence-corrected chi connectivity index (χ0v) is 11.7. The van der Waals surface area contributed by atoms with Gasteiger partial charge in [0.15, 0.2) is 0 Å². The van der Waals surface area contributed by atoms with Gasteiger partial charge in [0.1, 0.15) is 6.04 Å². The Hall–Kier alpha value is -1.43. The van der Waals surface area contributed by atoms with E-state index < -0.39 is 6.04 Å². The van der Waals surface area contributed by atoms with Crippen molar-refractivity contribution in [1.29, 1.82) is 0 Å². The molecule has 1 atom stereocenters. The molecule has 1 unspecified atom stereocenters. The fourth-order valence-corrected chi connectivity index (χ4v) is 2.57. The number of nitrogens with one attached hydrogen (secondary N) is 1. The SMILES string of the molecule is CC(C)(C)N1CCN(C2CCC(=O)NC2=O)C(=O)C1.